The number of β-lactam (4-membered cyclic amide) rings is 1. The fourth-order valence-electron chi connectivity index (χ4n) is 5.12. The number of nitrogens with zero attached hydrogens (tertiary/aromatic N) is 5. The normalized spacial score (nSPS) is 18.7. The SMILES string of the molecule is CNCCCn1ccc2c1ccc[n+]2CC1=C(C(=O)O)N2C(=O)[C@@H](NC(=O)/C(=N\O[C@@H](CO)C(=O)O)c3nc(N)sc3Cl)[C@H]2SC1. The minimum atomic E-state index is -1.80. The molecule has 5 rings (SSSR count). The molecule has 1 fully saturated rings. The summed E-state index contributed by atoms with van der Waals surface area (Å²) in [6.45, 7) is 0.965. The molecule has 0 radical (unpaired) electrons. The van der Waals surface area contributed by atoms with Gasteiger partial charge in [0.1, 0.15) is 32.7 Å². The average molecular weight is 694 g/mol. The lowest BCUT2D eigenvalue weighted by molar-refractivity contribution is -0.663. The van der Waals surface area contributed by atoms with Gasteiger partial charge in [0.25, 0.3) is 11.8 Å². The zero-order valence-corrected chi connectivity index (χ0v) is 26.6. The van der Waals surface area contributed by atoms with Gasteiger partial charge in [0.2, 0.25) is 11.6 Å². The zero-order valence-electron chi connectivity index (χ0n) is 24.3. The van der Waals surface area contributed by atoms with Crippen LogP contribution in [0.4, 0.5) is 5.13 Å². The number of anilines is 1. The Morgan fingerprint density at radius 1 is 1.33 bits per heavy atom. The predicted octanol–water partition coefficient (Wildman–Crippen LogP) is -0.165. The molecule has 0 bridgehead atoms. The maximum absolute atomic E-state index is 13.4. The fourth-order valence-corrected chi connectivity index (χ4v) is 7.39. The molecule has 5 heterocycles. The van der Waals surface area contributed by atoms with Crippen molar-refractivity contribution in [3.8, 4) is 0 Å². The first-order valence-electron chi connectivity index (χ1n) is 13.9. The number of hydrogen-bond donors (Lipinski definition) is 6. The quantitative estimate of drug-likeness (QED) is 0.0426. The zero-order chi connectivity index (χ0) is 33.1. The lowest BCUT2D eigenvalue weighted by Gasteiger charge is -2.49. The summed E-state index contributed by atoms with van der Waals surface area (Å²) in [6.07, 6.45) is 2.99. The monoisotopic (exact) mass is 693 g/mol. The van der Waals surface area contributed by atoms with Gasteiger partial charge in [0, 0.05) is 36.2 Å². The first-order valence-corrected chi connectivity index (χ1v) is 16.1. The number of carboxylic acids is 2. The molecule has 244 valence electrons. The number of nitrogens with two attached hydrogens (primary N) is 1. The molecular weight excluding hydrogens is 664 g/mol. The number of carbonyl (C=O) groups is 4. The smallest absolute Gasteiger partial charge is 0.352 e. The van der Waals surface area contributed by atoms with Crippen LogP contribution in [0.1, 0.15) is 12.1 Å². The Hall–Kier alpha value is -4.23. The van der Waals surface area contributed by atoms with E-state index in [0.29, 0.717) is 5.57 Å². The minimum Gasteiger partial charge on any atom is -0.478 e. The van der Waals surface area contributed by atoms with Crippen LogP contribution in [-0.4, -0.2) is 103 Å². The van der Waals surface area contributed by atoms with E-state index in [9.17, 15) is 29.4 Å². The third kappa shape index (κ3) is 6.52. The Morgan fingerprint density at radius 2 is 2.11 bits per heavy atom. The number of carboxylic acid groups (broad SMARTS) is 2. The minimum absolute atomic E-state index is 0.0196. The van der Waals surface area contributed by atoms with Gasteiger partial charge in [-0.1, -0.05) is 28.1 Å². The molecule has 0 aliphatic carbocycles. The highest BCUT2D eigenvalue weighted by atomic mass is 35.5. The first kappa shape index (κ1) is 33.1. The molecule has 3 aromatic heterocycles. The molecule has 46 heavy (non-hydrogen) atoms. The van der Waals surface area contributed by atoms with Crippen molar-refractivity contribution >= 4 is 80.3 Å². The molecule has 7 N–H and O–H groups in total. The average Bonchev–Trinajstić information content (AvgIpc) is 3.59. The number of aliphatic hydroxyl groups excluding tert-OH is 1. The summed E-state index contributed by atoms with van der Waals surface area (Å²) in [5.41, 5.74) is 7.17. The van der Waals surface area contributed by atoms with Crippen molar-refractivity contribution in [1.82, 2.24) is 25.1 Å². The Morgan fingerprint density at radius 3 is 2.76 bits per heavy atom. The van der Waals surface area contributed by atoms with E-state index in [0.717, 1.165) is 46.8 Å². The molecule has 0 spiro atoms. The van der Waals surface area contributed by atoms with Crippen molar-refractivity contribution < 1.29 is 43.9 Å². The lowest BCUT2D eigenvalue weighted by atomic mass is 10.0. The molecule has 0 aromatic carbocycles. The van der Waals surface area contributed by atoms with Gasteiger partial charge in [0.05, 0.1) is 6.61 Å². The van der Waals surface area contributed by atoms with E-state index in [2.05, 4.69) is 25.3 Å². The van der Waals surface area contributed by atoms with Gasteiger partial charge in [-0.2, -0.15) is 4.57 Å². The molecule has 16 nitrogen and oxygen atoms in total. The fraction of sp³-hybridized carbons (Fsp3) is 0.370. The van der Waals surface area contributed by atoms with Crippen molar-refractivity contribution in [2.75, 3.05) is 31.7 Å². The number of aliphatic carboxylic acids is 2. The molecule has 3 aromatic rings. The van der Waals surface area contributed by atoms with Gasteiger partial charge in [-0.3, -0.25) is 14.5 Å². The van der Waals surface area contributed by atoms with E-state index in [1.165, 1.54) is 11.8 Å². The maximum Gasteiger partial charge on any atom is 0.352 e. The van der Waals surface area contributed by atoms with Crippen LogP contribution in [0.2, 0.25) is 4.34 Å². The van der Waals surface area contributed by atoms with E-state index in [4.69, 9.17) is 27.3 Å². The number of fused-ring (bicyclic) bond motifs is 2. The van der Waals surface area contributed by atoms with Gasteiger partial charge >= 0.3 is 11.9 Å². The molecule has 2 amide bonds. The van der Waals surface area contributed by atoms with Gasteiger partial charge in [-0.15, -0.1) is 11.8 Å². The second-order valence-electron chi connectivity index (χ2n) is 10.2. The third-order valence-electron chi connectivity index (χ3n) is 7.29. The number of aromatic nitrogens is 3. The van der Waals surface area contributed by atoms with Crippen LogP contribution >= 0.6 is 34.7 Å². The highest BCUT2D eigenvalue weighted by Gasteiger charge is 2.55. The summed E-state index contributed by atoms with van der Waals surface area (Å²) in [4.78, 5) is 60.4. The van der Waals surface area contributed by atoms with E-state index < -0.39 is 53.6 Å². The molecule has 19 heteroatoms. The molecular formula is C27H30ClN8O8S2+. The summed E-state index contributed by atoms with van der Waals surface area (Å²) in [6, 6.07) is 4.71. The summed E-state index contributed by atoms with van der Waals surface area (Å²) in [5.74, 6) is -4.22. The Balaban J connectivity index is 1.37. The maximum atomic E-state index is 13.4. The van der Waals surface area contributed by atoms with Crippen molar-refractivity contribution in [2.45, 2.75) is 37.0 Å². The highest BCUT2D eigenvalue weighted by Crippen LogP contribution is 2.40. The number of halogens is 1. The van der Waals surface area contributed by atoms with Crippen LogP contribution in [0.5, 0.6) is 0 Å². The Kier molecular flexibility index (Phi) is 10.1. The Labute approximate surface area is 274 Å². The Bertz CT molecular complexity index is 1760. The molecule has 0 unspecified atom stereocenters. The van der Waals surface area contributed by atoms with Gasteiger partial charge in [0.15, 0.2) is 23.6 Å². The summed E-state index contributed by atoms with van der Waals surface area (Å²) in [5, 5.41) is 37.1. The highest BCUT2D eigenvalue weighted by molar-refractivity contribution is 8.00. The van der Waals surface area contributed by atoms with E-state index in [-0.39, 0.29) is 33.2 Å². The number of aliphatic hydroxyl groups is 1. The summed E-state index contributed by atoms with van der Waals surface area (Å²) < 4.78 is 4.02. The van der Waals surface area contributed by atoms with E-state index in [1.807, 2.05) is 42.2 Å². The van der Waals surface area contributed by atoms with Crippen molar-refractivity contribution in [1.29, 1.82) is 0 Å². The van der Waals surface area contributed by atoms with E-state index >= 15 is 0 Å². The topological polar surface area (TPSA) is 226 Å². The number of rotatable bonds is 14. The first-order chi connectivity index (χ1) is 22.0. The van der Waals surface area contributed by atoms with Gasteiger partial charge in [-0.25, -0.2) is 14.6 Å². The summed E-state index contributed by atoms with van der Waals surface area (Å²) in [7, 11) is 1.90. The molecule has 3 atom stereocenters. The number of thiazole rings is 1. The number of nitrogens with one attached hydrogen (secondary N) is 2. The number of hydrogen-bond acceptors (Lipinski definition) is 12. The van der Waals surface area contributed by atoms with Crippen LogP contribution in [-0.2, 0) is 37.1 Å². The number of thioether (sulfide) groups is 1. The number of nitrogen functional groups attached to an aromatic ring is 1. The number of pyridine rings is 1. The lowest BCUT2D eigenvalue weighted by Crippen LogP contribution is -2.71. The van der Waals surface area contributed by atoms with Crippen LogP contribution in [0.3, 0.4) is 0 Å². The standard InChI is InChI=1S/C27H29ClN8O8S2/c1-30-6-3-8-34-9-5-15-14(34)4-2-7-35(15)10-13-12-45-24-19(23(39)36(24)20(13)26(42)43)31-22(38)18(17-21(28)46-27(29)32-17)33-44-16(11-37)25(40)41/h2,4-5,7,9,16,19,24,30,37H,3,6,8,10-12H2,1H3,(H4-,29,31,32,38,40,41,42,43)/p+1/b33-18-/t16-,19+,24+/m0/s1. The van der Waals surface area contributed by atoms with Crippen molar-refractivity contribution in [2.24, 2.45) is 5.16 Å². The van der Waals surface area contributed by atoms with Crippen molar-refractivity contribution in [3.63, 3.8) is 0 Å². The largest absolute Gasteiger partial charge is 0.478 e. The molecule has 0 saturated carbocycles. The molecule has 1 saturated heterocycles. The molecule has 2 aliphatic rings. The third-order valence-corrected chi connectivity index (χ3v) is 9.71. The van der Waals surface area contributed by atoms with E-state index in [1.54, 1.807) is 0 Å². The van der Waals surface area contributed by atoms with Crippen LogP contribution in [0.25, 0.3) is 11.0 Å². The predicted molar refractivity (Wildman–Crippen MR) is 168 cm³/mol. The number of amides is 2. The van der Waals surface area contributed by atoms with Crippen LogP contribution in [0.15, 0.2) is 47.0 Å². The second-order valence-corrected chi connectivity index (χ2v) is 13.0. The summed E-state index contributed by atoms with van der Waals surface area (Å²) >= 11 is 8.26. The van der Waals surface area contributed by atoms with Crippen LogP contribution in [0, 0.1) is 0 Å². The molecule has 2 aliphatic heterocycles. The number of carbonyl (C=O) groups excluding carboxylic acids is 2. The van der Waals surface area contributed by atoms with Crippen molar-refractivity contribution in [3.05, 3.63) is 51.9 Å². The van der Waals surface area contributed by atoms with Gasteiger partial charge < -0.3 is 41.1 Å². The number of aryl methyl sites for hydroxylation is 1. The number of oxime groups is 1. The van der Waals surface area contributed by atoms with Crippen LogP contribution < -0.4 is 20.9 Å². The second kappa shape index (κ2) is 14.0. The van der Waals surface area contributed by atoms with Gasteiger partial charge in [-0.05, 0) is 26.1 Å².